The molecule has 20 heavy (non-hydrogen) atoms. The second-order valence-corrected chi connectivity index (χ2v) is 4.07. The molecule has 1 N–H and O–H groups in total. The van der Waals surface area contributed by atoms with Crippen LogP contribution in [-0.4, -0.2) is 24.2 Å². The number of nitrogens with zero attached hydrogens (tertiary/aromatic N) is 2. The summed E-state index contributed by atoms with van der Waals surface area (Å²) in [6, 6.07) is 11.1. The number of para-hydroxylation sites is 1. The van der Waals surface area contributed by atoms with Gasteiger partial charge >= 0.3 is 0 Å². The molecule has 0 unspecified atom stereocenters. The van der Waals surface area contributed by atoms with Crippen molar-refractivity contribution < 1.29 is 9.53 Å². The zero-order chi connectivity index (χ0) is 14.2. The average Bonchev–Trinajstić information content (AvgIpc) is 2.49. The van der Waals surface area contributed by atoms with E-state index in [1.165, 1.54) is 0 Å². The van der Waals surface area contributed by atoms with E-state index < -0.39 is 0 Å². The van der Waals surface area contributed by atoms with Crippen molar-refractivity contribution in [2.45, 2.75) is 6.42 Å². The number of aromatic nitrogens is 1. The van der Waals surface area contributed by atoms with Gasteiger partial charge in [0, 0.05) is 23.5 Å². The molecule has 0 aliphatic rings. The largest absolute Gasteiger partial charge is 0.496 e. The summed E-state index contributed by atoms with van der Waals surface area (Å²) in [7, 11) is 1.58. The Morgan fingerprint density at radius 1 is 1.35 bits per heavy atom. The summed E-state index contributed by atoms with van der Waals surface area (Å²) in [5.74, 6) is 0.494. The molecule has 0 radical (unpaired) electrons. The molecule has 102 valence electrons. The van der Waals surface area contributed by atoms with E-state index in [4.69, 9.17) is 4.74 Å². The monoisotopic (exact) mass is 269 g/mol. The molecule has 0 aliphatic carbocycles. The lowest BCUT2D eigenvalue weighted by Crippen LogP contribution is -2.20. The third kappa shape index (κ3) is 3.91. The molecule has 0 spiro atoms. The maximum atomic E-state index is 11.8. The van der Waals surface area contributed by atoms with Crippen LogP contribution in [0.1, 0.15) is 11.1 Å². The molecular formula is C15H15N3O2. The lowest BCUT2D eigenvalue weighted by molar-refractivity contribution is -0.120. The van der Waals surface area contributed by atoms with Crippen molar-refractivity contribution in [2.75, 3.05) is 7.11 Å². The highest BCUT2D eigenvalue weighted by Gasteiger charge is 2.06. The number of carbonyl (C=O) groups is 1. The fraction of sp³-hybridized carbons (Fsp3) is 0.133. The van der Waals surface area contributed by atoms with Crippen LogP contribution in [0.15, 0.2) is 53.9 Å². The molecule has 1 aromatic heterocycles. The smallest absolute Gasteiger partial charge is 0.244 e. The van der Waals surface area contributed by atoms with Crippen LogP contribution < -0.4 is 10.2 Å². The molecule has 1 aromatic carbocycles. The third-order valence-corrected chi connectivity index (χ3v) is 2.63. The van der Waals surface area contributed by atoms with E-state index in [0.29, 0.717) is 5.75 Å². The predicted octanol–water partition coefficient (Wildman–Crippen LogP) is 1.78. The number of hydrogen-bond donors (Lipinski definition) is 1. The Morgan fingerprint density at radius 2 is 2.20 bits per heavy atom. The molecule has 5 heteroatoms. The molecule has 0 aliphatic heterocycles. The van der Waals surface area contributed by atoms with Crippen molar-refractivity contribution in [3.8, 4) is 5.75 Å². The Bertz CT molecular complexity index is 597. The Labute approximate surface area is 117 Å². The van der Waals surface area contributed by atoms with E-state index in [1.54, 1.807) is 31.8 Å². The van der Waals surface area contributed by atoms with Gasteiger partial charge in [0.05, 0.1) is 19.7 Å². The van der Waals surface area contributed by atoms with Crippen LogP contribution in [0.25, 0.3) is 0 Å². The van der Waals surface area contributed by atoms with Gasteiger partial charge in [-0.05, 0) is 12.1 Å². The van der Waals surface area contributed by atoms with E-state index in [9.17, 15) is 4.79 Å². The predicted molar refractivity (Wildman–Crippen MR) is 76.7 cm³/mol. The minimum absolute atomic E-state index is 0.199. The number of rotatable bonds is 5. The number of methoxy groups -OCH3 is 1. The topological polar surface area (TPSA) is 63.6 Å². The van der Waals surface area contributed by atoms with Gasteiger partial charge in [-0.2, -0.15) is 5.10 Å². The zero-order valence-corrected chi connectivity index (χ0v) is 11.1. The van der Waals surface area contributed by atoms with Crippen LogP contribution >= 0.6 is 0 Å². The highest BCUT2D eigenvalue weighted by atomic mass is 16.5. The van der Waals surface area contributed by atoms with Gasteiger partial charge in [-0.3, -0.25) is 9.78 Å². The first-order valence-electron chi connectivity index (χ1n) is 6.13. The minimum atomic E-state index is -0.199. The molecule has 2 rings (SSSR count). The Morgan fingerprint density at radius 3 is 2.95 bits per heavy atom. The quantitative estimate of drug-likeness (QED) is 0.664. The number of ether oxygens (including phenoxy) is 1. The first-order chi connectivity index (χ1) is 9.79. The van der Waals surface area contributed by atoms with Crippen LogP contribution in [0.2, 0.25) is 0 Å². The van der Waals surface area contributed by atoms with Crippen molar-refractivity contribution >= 4 is 12.1 Å². The van der Waals surface area contributed by atoms with E-state index in [-0.39, 0.29) is 12.3 Å². The van der Waals surface area contributed by atoms with Crippen LogP contribution in [0.5, 0.6) is 5.75 Å². The Hall–Kier alpha value is -2.69. The molecular weight excluding hydrogens is 254 g/mol. The highest BCUT2D eigenvalue weighted by Crippen LogP contribution is 2.17. The average molecular weight is 269 g/mol. The normalized spacial score (nSPS) is 10.4. The highest BCUT2D eigenvalue weighted by molar-refractivity contribution is 5.83. The SMILES string of the molecule is COc1ccccc1CC(=O)N/N=C/c1cccnc1. The summed E-state index contributed by atoms with van der Waals surface area (Å²) in [5, 5.41) is 3.89. The minimum Gasteiger partial charge on any atom is -0.496 e. The molecule has 1 amide bonds. The maximum absolute atomic E-state index is 11.8. The number of amides is 1. The number of hydrogen-bond acceptors (Lipinski definition) is 4. The molecule has 5 nitrogen and oxygen atoms in total. The van der Waals surface area contributed by atoms with Gasteiger partial charge in [0.25, 0.3) is 0 Å². The second-order valence-electron chi connectivity index (χ2n) is 4.07. The van der Waals surface area contributed by atoms with E-state index >= 15 is 0 Å². The summed E-state index contributed by atoms with van der Waals surface area (Å²) in [6.45, 7) is 0. The summed E-state index contributed by atoms with van der Waals surface area (Å²) >= 11 is 0. The van der Waals surface area contributed by atoms with Gasteiger partial charge in [-0.1, -0.05) is 24.3 Å². The Balaban J connectivity index is 1.91. The summed E-state index contributed by atoms with van der Waals surface area (Å²) < 4.78 is 5.19. The fourth-order valence-electron chi connectivity index (χ4n) is 1.69. The first kappa shape index (κ1) is 13.7. The van der Waals surface area contributed by atoms with Crippen LogP contribution in [0.3, 0.4) is 0 Å². The summed E-state index contributed by atoms with van der Waals surface area (Å²) in [4.78, 5) is 15.7. The van der Waals surface area contributed by atoms with E-state index in [2.05, 4.69) is 15.5 Å². The van der Waals surface area contributed by atoms with Crippen molar-refractivity contribution in [3.63, 3.8) is 0 Å². The number of hydrazone groups is 1. The third-order valence-electron chi connectivity index (χ3n) is 2.63. The number of pyridine rings is 1. The number of nitrogens with one attached hydrogen (secondary N) is 1. The Kier molecular flexibility index (Phi) is 4.83. The van der Waals surface area contributed by atoms with Crippen molar-refractivity contribution in [3.05, 3.63) is 59.9 Å². The molecule has 1 heterocycles. The van der Waals surface area contributed by atoms with Crippen LogP contribution in [0.4, 0.5) is 0 Å². The van der Waals surface area contributed by atoms with Crippen molar-refractivity contribution in [1.29, 1.82) is 0 Å². The number of benzene rings is 1. The lowest BCUT2D eigenvalue weighted by Gasteiger charge is -2.06. The molecule has 0 saturated carbocycles. The van der Waals surface area contributed by atoms with E-state index in [0.717, 1.165) is 11.1 Å². The first-order valence-corrected chi connectivity index (χ1v) is 6.13. The fourth-order valence-corrected chi connectivity index (χ4v) is 1.69. The molecule has 0 fully saturated rings. The van der Waals surface area contributed by atoms with Gasteiger partial charge < -0.3 is 4.74 Å². The molecule has 2 aromatic rings. The molecule has 0 bridgehead atoms. The molecule has 0 atom stereocenters. The van der Waals surface area contributed by atoms with Crippen LogP contribution in [-0.2, 0) is 11.2 Å². The van der Waals surface area contributed by atoms with Gasteiger partial charge in [-0.25, -0.2) is 5.43 Å². The van der Waals surface area contributed by atoms with Gasteiger partial charge in [-0.15, -0.1) is 0 Å². The van der Waals surface area contributed by atoms with Gasteiger partial charge in [0.1, 0.15) is 5.75 Å². The van der Waals surface area contributed by atoms with Gasteiger partial charge in [0.2, 0.25) is 5.91 Å². The summed E-state index contributed by atoms with van der Waals surface area (Å²) in [6.07, 6.45) is 5.11. The zero-order valence-electron chi connectivity index (χ0n) is 11.1. The summed E-state index contributed by atoms with van der Waals surface area (Å²) in [5.41, 5.74) is 4.13. The maximum Gasteiger partial charge on any atom is 0.244 e. The van der Waals surface area contributed by atoms with Crippen molar-refractivity contribution in [2.24, 2.45) is 5.10 Å². The standard InChI is InChI=1S/C15H15N3O2/c1-20-14-7-3-2-6-13(14)9-15(19)18-17-11-12-5-4-8-16-10-12/h2-8,10-11H,9H2,1H3,(H,18,19)/b17-11+. The lowest BCUT2D eigenvalue weighted by atomic mass is 10.1. The van der Waals surface area contributed by atoms with Crippen LogP contribution in [0, 0.1) is 0 Å². The van der Waals surface area contributed by atoms with Crippen molar-refractivity contribution in [1.82, 2.24) is 10.4 Å². The van der Waals surface area contributed by atoms with Gasteiger partial charge in [0.15, 0.2) is 0 Å². The second kappa shape index (κ2) is 7.04. The molecule has 0 saturated heterocycles. The number of carbonyl (C=O) groups excluding carboxylic acids is 1. The van der Waals surface area contributed by atoms with E-state index in [1.807, 2.05) is 30.3 Å².